The Morgan fingerprint density at radius 1 is 0.478 bits per heavy atom. The second-order valence-electron chi connectivity index (χ2n) is 23.1. The van der Waals surface area contributed by atoms with Crippen LogP contribution in [0.4, 0.5) is 0 Å². The van der Waals surface area contributed by atoms with Crippen LogP contribution in [0.5, 0.6) is 57.5 Å². The number of hydrogen-bond acceptors (Lipinski definition) is 12. The molecule has 0 unspecified atom stereocenters. The average molecular weight is 1210 g/mol. The monoisotopic (exact) mass is 1210 g/mol. The molecule has 0 saturated carbocycles. The maximum atomic E-state index is 12.1. The minimum absolute atomic E-state index is 0.0330. The second kappa shape index (κ2) is 25.6. The summed E-state index contributed by atoms with van der Waals surface area (Å²) in [6, 6.07) is 82.5. The fourth-order valence-corrected chi connectivity index (χ4v) is 13.6. The van der Waals surface area contributed by atoms with Gasteiger partial charge in [-0.1, -0.05) is 182 Å². The number of ether oxygens (including phenoxy) is 6. The van der Waals surface area contributed by atoms with Gasteiger partial charge in [0.1, 0.15) is 68.8 Å². The number of nitrogens with two attached hydrogens (primary N) is 1. The van der Waals surface area contributed by atoms with Crippen LogP contribution in [-0.4, -0.2) is 44.0 Å². The maximum Gasteiger partial charge on any atom is 0.308 e. The van der Waals surface area contributed by atoms with E-state index in [4.69, 9.17) is 34.2 Å². The van der Waals surface area contributed by atoms with Gasteiger partial charge in [0, 0.05) is 80.6 Å². The number of fused-ring (bicyclic) bond motifs is 14. The second-order valence-corrected chi connectivity index (χ2v) is 23.1. The van der Waals surface area contributed by atoms with Crippen LogP contribution >= 0.6 is 0 Å². The van der Waals surface area contributed by atoms with Gasteiger partial charge in [0.25, 0.3) is 0 Å². The zero-order chi connectivity index (χ0) is 63.2. The number of primary amides is 1. The molecule has 0 atom stereocenters. The summed E-state index contributed by atoms with van der Waals surface area (Å²) in [5.74, 6) is 6.65. The Morgan fingerprint density at radius 2 is 0.815 bits per heavy atom. The van der Waals surface area contributed by atoms with E-state index >= 15 is 0 Å². The maximum absolute atomic E-state index is 12.1. The van der Waals surface area contributed by atoms with Gasteiger partial charge < -0.3 is 44.8 Å². The smallest absolute Gasteiger partial charge is 0.308 e. The lowest BCUT2D eigenvalue weighted by molar-refractivity contribution is -0.144. The van der Waals surface area contributed by atoms with Crippen LogP contribution in [0.25, 0.3) is 0 Å². The van der Waals surface area contributed by atoms with Crippen molar-refractivity contribution in [2.45, 2.75) is 54.3 Å². The van der Waals surface area contributed by atoms with E-state index in [2.05, 4.69) is 71.3 Å². The summed E-state index contributed by atoms with van der Waals surface area (Å²) in [5, 5.41) is 25.7. The third-order valence-corrected chi connectivity index (χ3v) is 17.8. The number of nitriles is 2. The van der Waals surface area contributed by atoms with Gasteiger partial charge in [-0.2, -0.15) is 10.5 Å². The minimum atomic E-state index is -1.09. The van der Waals surface area contributed by atoms with E-state index in [0.29, 0.717) is 53.7 Å². The lowest BCUT2D eigenvalue weighted by atomic mass is 9.71. The summed E-state index contributed by atoms with van der Waals surface area (Å²) in [4.78, 5) is 35.5. The van der Waals surface area contributed by atoms with E-state index < -0.39 is 17.3 Å². The normalized spacial score (nSPS) is 15.7. The molecule has 2 fully saturated rings. The Kier molecular flexibility index (Phi) is 16.5. The van der Waals surface area contributed by atoms with Gasteiger partial charge in [-0.05, 0) is 80.6 Å². The third kappa shape index (κ3) is 11.0. The molecule has 7 heterocycles. The van der Waals surface area contributed by atoms with Crippen LogP contribution in [0.3, 0.4) is 0 Å². The Hall–Kier alpha value is -11.5. The van der Waals surface area contributed by atoms with Crippen LogP contribution in [0.15, 0.2) is 243 Å². The first-order chi connectivity index (χ1) is 45.1. The molecular formula is C78H63N5O9. The number of nitrogens with zero attached hydrogens (tertiary/aromatic N) is 2. The fraction of sp³-hybridized carbons (Fsp3) is 0.167. The summed E-state index contributed by atoms with van der Waals surface area (Å²) in [6.07, 6.45) is 1.60. The highest BCUT2D eigenvalue weighted by molar-refractivity contribution is 5.88. The quantitative estimate of drug-likeness (QED) is 0.141. The van der Waals surface area contributed by atoms with Crippen LogP contribution in [0.2, 0.25) is 0 Å². The molecule has 2 spiro atoms. The highest BCUT2D eigenvalue weighted by atomic mass is 16.5. The molecule has 10 aromatic carbocycles. The van der Waals surface area contributed by atoms with Crippen molar-refractivity contribution in [2.75, 3.05) is 26.2 Å². The van der Waals surface area contributed by atoms with E-state index in [-0.39, 0.29) is 35.0 Å². The van der Waals surface area contributed by atoms with Crippen molar-refractivity contribution in [1.29, 1.82) is 10.5 Å². The number of nitrogens with one attached hydrogen (secondary N) is 2. The molecule has 2 amide bonds. The van der Waals surface area contributed by atoms with Gasteiger partial charge in [0.2, 0.25) is 11.8 Å². The predicted molar refractivity (Wildman–Crippen MR) is 348 cm³/mol. The number of carbonyl (C=O) groups excluding carboxylic acids is 3. The number of amides is 2. The molecule has 4 N–H and O–H groups in total. The first kappa shape index (κ1) is 59.5. The van der Waals surface area contributed by atoms with Crippen molar-refractivity contribution in [3.8, 4) is 69.6 Å². The molecule has 7 aliphatic heterocycles. The highest BCUT2D eigenvalue weighted by Crippen LogP contribution is 2.54. The summed E-state index contributed by atoms with van der Waals surface area (Å²) in [6.45, 7) is 4.76. The SMILES string of the molecule is CCOC(=O)CC1(C#N)c2ccccc2Oc2ccccc21.N#CC1c2ccccc2Oc2ccccc21.NC(=O)C1c2ccccc2Oc2ccccc21.O=C1CC2(CN1)c1ccccc1Oc1ccccc12.c1ccc2c(c1)Oc1ccccc1C21CCNC1. The van der Waals surface area contributed by atoms with Crippen molar-refractivity contribution in [3.63, 3.8) is 0 Å². The molecule has 0 aliphatic carbocycles. The molecule has 10 aromatic rings. The first-order valence-corrected chi connectivity index (χ1v) is 30.6. The molecule has 0 aromatic heterocycles. The van der Waals surface area contributed by atoms with Crippen molar-refractivity contribution in [3.05, 3.63) is 298 Å². The summed E-state index contributed by atoms with van der Waals surface area (Å²) in [7, 11) is 0. The fourth-order valence-electron chi connectivity index (χ4n) is 13.6. The van der Waals surface area contributed by atoms with Crippen molar-refractivity contribution in [2.24, 2.45) is 5.73 Å². The number of benzene rings is 10. The average Bonchev–Trinajstić information content (AvgIpc) is 1.27. The molecule has 14 nitrogen and oxygen atoms in total. The molecule has 7 aliphatic rings. The molecule has 92 heavy (non-hydrogen) atoms. The van der Waals surface area contributed by atoms with Crippen molar-refractivity contribution < 1.29 is 42.8 Å². The molecule has 0 radical (unpaired) electrons. The van der Waals surface area contributed by atoms with Gasteiger partial charge >= 0.3 is 5.97 Å². The molecule has 17 rings (SSSR count). The number of hydrogen-bond donors (Lipinski definition) is 3. The topological polar surface area (TPSA) is 204 Å². The van der Waals surface area contributed by atoms with Gasteiger partial charge in [0.05, 0.1) is 36.5 Å². The van der Waals surface area contributed by atoms with Gasteiger partial charge in [-0.15, -0.1) is 0 Å². The summed E-state index contributed by atoms with van der Waals surface area (Å²) in [5.41, 5.74) is 14.1. The summed E-state index contributed by atoms with van der Waals surface area (Å²) < 4.78 is 34.4. The molecule has 14 heteroatoms. The Bertz CT molecular complexity index is 4310. The Labute approximate surface area is 533 Å². The number of carbonyl (C=O) groups is 3. The van der Waals surface area contributed by atoms with Crippen molar-refractivity contribution >= 4 is 17.8 Å². The van der Waals surface area contributed by atoms with Crippen LogP contribution in [0, 0.1) is 22.7 Å². The van der Waals surface area contributed by atoms with E-state index in [1.54, 1.807) is 6.92 Å². The lowest BCUT2D eigenvalue weighted by Gasteiger charge is -2.36. The minimum Gasteiger partial charge on any atom is -0.466 e. The Balaban J connectivity index is 0.000000105. The summed E-state index contributed by atoms with van der Waals surface area (Å²) >= 11 is 0. The van der Waals surface area contributed by atoms with Gasteiger partial charge in [0.15, 0.2) is 0 Å². The van der Waals surface area contributed by atoms with Gasteiger partial charge in [-0.25, -0.2) is 0 Å². The molecular weight excluding hydrogens is 1150 g/mol. The third-order valence-electron chi connectivity index (χ3n) is 17.8. The predicted octanol–water partition coefficient (Wildman–Crippen LogP) is 15.1. The zero-order valence-electron chi connectivity index (χ0n) is 50.3. The first-order valence-electron chi connectivity index (χ1n) is 30.6. The van der Waals surface area contributed by atoms with Crippen LogP contribution in [0.1, 0.15) is 93.7 Å². The number of esters is 1. The van der Waals surface area contributed by atoms with Gasteiger partial charge in [-0.3, -0.25) is 14.4 Å². The Morgan fingerprint density at radius 3 is 1.16 bits per heavy atom. The van der Waals surface area contributed by atoms with E-state index in [1.807, 2.05) is 194 Å². The lowest BCUT2D eigenvalue weighted by Crippen LogP contribution is -2.33. The number of rotatable bonds is 4. The van der Waals surface area contributed by atoms with E-state index in [1.165, 1.54) is 11.1 Å². The van der Waals surface area contributed by atoms with E-state index in [0.717, 1.165) is 87.4 Å². The van der Waals surface area contributed by atoms with Crippen molar-refractivity contribution in [1.82, 2.24) is 10.6 Å². The number of para-hydroxylation sites is 10. The molecule has 454 valence electrons. The standard InChI is InChI=1S/C18H15NO3.C16H13NO2.C16H15NO.C14H11NO2.C14H9NO/c1-2-21-17(20)11-18(12-19)13-7-3-5-9-15(13)22-16-10-6-4-8-14(16)18;18-15-9-16(10-17-15)11-5-1-3-7-13(11)19-14-8-4-2-6-12(14)16;1-3-7-14-12(5-1)16(9-10-17-11-16)13-6-2-4-8-15(13)18-14;15-14(16)13-9-5-1-3-7-11(9)17-12-8-4-2-6-10(12)13;15-9-12-10-5-1-3-7-13(10)16-14-8-4-2-6-11(12)14/h3-10H,2,11H2,1H3;1-8H,9-10H2,(H,17,18);1-8,17H,9-11H2;1-8,13H,(H2,15,16);1-8,12H. The molecule has 2 saturated heterocycles. The van der Waals surface area contributed by atoms with Crippen LogP contribution in [-0.2, 0) is 35.4 Å². The van der Waals surface area contributed by atoms with Crippen LogP contribution < -0.4 is 40.1 Å². The van der Waals surface area contributed by atoms with E-state index in [9.17, 15) is 24.9 Å². The molecule has 0 bridgehead atoms. The largest absolute Gasteiger partial charge is 0.466 e. The highest BCUT2D eigenvalue weighted by Gasteiger charge is 2.48. The zero-order valence-corrected chi connectivity index (χ0v) is 50.3.